The summed E-state index contributed by atoms with van der Waals surface area (Å²) in [4.78, 5) is 11.1. The van der Waals surface area contributed by atoms with Gasteiger partial charge in [0.2, 0.25) is 0 Å². The standard InChI is InChI=1S/C14H21NO3S/c1-13(2,3)8-7-9(19)11(15(17)18)10(12(8)16)14(4,5)6/h7,16,19H,1-6H3. The molecule has 0 unspecified atom stereocenters. The van der Waals surface area contributed by atoms with Gasteiger partial charge < -0.3 is 5.11 Å². The molecule has 1 N–H and O–H groups in total. The Morgan fingerprint density at radius 1 is 1.16 bits per heavy atom. The molecule has 0 radical (unpaired) electrons. The van der Waals surface area contributed by atoms with Crippen molar-refractivity contribution < 1.29 is 10.0 Å². The number of nitrogens with zero attached hydrogens (tertiary/aromatic N) is 1. The number of nitro groups is 1. The molecule has 0 aliphatic carbocycles. The predicted octanol–water partition coefficient (Wildman–Crippen LogP) is 4.18. The third-order valence-electron chi connectivity index (χ3n) is 2.99. The Balaban J connectivity index is 3.84. The molecule has 1 aromatic rings. The SMILES string of the molecule is CC(C)(C)c1cc(S)c([N+](=O)[O-])c(C(C)(C)C)c1O. The molecule has 0 amide bonds. The van der Waals surface area contributed by atoms with Crippen LogP contribution in [0.15, 0.2) is 11.0 Å². The molecule has 0 aliphatic rings. The van der Waals surface area contributed by atoms with E-state index in [1.165, 1.54) is 0 Å². The Bertz CT molecular complexity index is 525. The van der Waals surface area contributed by atoms with Crippen LogP contribution in [0.1, 0.15) is 52.7 Å². The second-order valence-corrected chi connectivity index (χ2v) is 7.25. The first-order valence-corrected chi connectivity index (χ1v) is 6.56. The normalized spacial score (nSPS) is 12.6. The number of nitro benzene ring substituents is 1. The minimum Gasteiger partial charge on any atom is -0.507 e. The zero-order valence-corrected chi connectivity index (χ0v) is 13.1. The molecule has 0 heterocycles. The summed E-state index contributed by atoms with van der Waals surface area (Å²) in [5.74, 6) is 0.00417. The molecule has 0 saturated carbocycles. The largest absolute Gasteiger partial charge is 0.507 e. The third kappa shape index (κ3) is 3.03. The molecule has 0 fully saturated rings. The Morgan fingerprint density at radius 3 is 1.95 bits per heavy atom. The highest BCUT2D eigenvalue weighted by Gasteiger charge is 2.35. The van der Waals surface area contributed by atoms with Crippen molar-refractivity contribution in [2.45, 2.75) is 57.3 Å². The lowest BCUT2D eigenvalue weighted by atomic mass is 9.78. The van der Waals surface area contributed by atoms with E-state index in [1.807, 2.05) is 41.5 Å². The number of phenolic OH excluding ortho intramolecular Hbond substituents is 1. The van der Waals surface area contributed by atoms with Crippen molar-refractivity contribution in [2.75, 3.05) is 0 Å². The molecule has 0 aliphatic heterocycles. The van der Waals surface area contributed by atoms with E-state index in [0.29, 0.717) is 11.1 Å². The fourth-order valence-electron chi connectivity index (χ4n) is 2.12. The van der Waals surface area contributed by atoms with Gasteiger partial charge in [-0.15, -0.1) is 12.6 Å². The maximum atomic E-state index is 11.2. The molecule has 4 nitrogen and oxygen atoms in total. The Hall–Kier alpha value is -1.23. The highest BCUT2D eigenvalue weighted by molar-refractivity contribution is 7.80. The average Bonchev–Trinajstić information content (AvgIpc) is 2.16. The number of rotatable bonds is 1. The number of phenols is 1. The van der Waals surface area contributed by atoms with E-state index in [-0.39, 0.29) is 21.7 Å². The molecule has 5 heteroatoms. The number of hydrogen-bond donors (Lipinski definition) is 2. The van der Waals surface area contributed by atoms with Gasteiger partial charge in [-0.1, -0.05) is 41.5 Å². The maximum Gasteiger partial charge on any atom is 0.290 e. The summed E-state index contributed by atoms with van der Waals surface area (Å²) in [5, 5.41) is 21.7. The molecule has 106 valence electrons. The molecule has 0 saturated heterocycles. The summed E-state index contributed by atoms with van der Waals surface area (Å²) in [5.41, 5.74) is 0.0614. The van der Waals surface area contributed by atoms with E-state index in [0.717, 1.165) is 0 Å². The van der Waals surface area contributed by atoms with Crippen molar-refractivity contribution in [3.63, 3.8) is 0 Å². The van der Waals surface area contributed by atoms with Gasteiger partial charge in [0.05, 0.1) is 15.4 Å². The second kappa shape index (κ2) is 4.71. The van der Waals surface area contributed by atoms with Crippen LogP contribution in [-0.4, -0.2) is 10.0 Å². The lowest BCUT2D eigenvalue weighted by Gasteiger charge is -2.27. The van der Waals surface area contributed by atoms with Gasteiger partial charge in [-0.3, -0.25) is 10.1 Å². The number of hydrogen-bond acceptors (Lipinski definition) is 4. The van der Waals surface area contributed by atoms with Crippen molar-refractivity contribution in [3.8, 4) is 5.75 Å². The Kier molecular flexibility index (Phi) is 3.92. The lowest BCUT2D eigenvalue weighted by Crippen LogP contribution is -2.19. The third-order valence-corrected chi connectivity index (χ3v) is 3.33. The van der Waals surface area contributed by atoms with E-state index < -0.39 is 10.3 Å². The fourth-order valence-corrected chi connectivity index (χ4v) is 2.44. The van der Waals surface area contributed by atoms with Crippen LogP contribution >= 0.6 is 12.6 Å². The van der Waals surface area contributed by atoms with Gasteiger partial charge in [-0.25, -0.2) is 0 Å². The monoisotopic (exact) mass is 283 g/mol. The topological polar surface area (TPSA) is 63.4 Å². The molecule has 1 rings (SSSR count). The summed E-state index contributed by atoms with van der Waals surface area (Å²) >= 11 is 4.23. The van der Waals surface area contributed by atoms with Crippen molar-refractivity contribution in [3.05, 3.63) is 27.3 Å². The smallest absolute Gasteiger partial charge is 0.290 e. The number of aromatic hydroxyl groups is 1. The zero-order valence-electron chi connectivity index (χ0n) is 12.2. The van der Waals surface area contributed by atoms with Crippen LogP contribution < -0.4 is 0 Å². The van der Waals surface area contributed by atoms with E-state index in [9.17, 15) is 15.2 Å². The van der Waals surface area contributed by atoms with Crippen LogP contribution in [0.3, 0.4) is 0 Å². The minimum atomic E-state index is -0.536. The molecule has 19 heavy (non-hydrogen) atoms. The molecule has 0 aromatic heterocycles. The molecule has 0 atom stereocenters. The van der Waals surface area contributed by atoms with Crippen LogP contribution in [-0.2, 0) is 10.8 Å². The van der Waals surface area contributed by atoms with Crippen molar-refractivity contribution in [2.24, 2.45) is 0 Å². The summed E-state index contributed by atoms with van der Waals surface area (Å²) in [7, 11) is 0. The average molecular weight is 283 g/mol. The van der Waals surface area contributed by atoms with E-state index >= 15 is 0 Å². The van der Waals surface area contributed by atoms with Gasteiger partial charge in [0, 0.05) is 5.56 Å². The molecular formula is C14H21NO3S. The highest BCUT2D eigenvalue weighted by Crippen LogP contribution is 2.46. The van der Waals surface area contributed by atoms with Gasteiger partial charge >= 0.3 is 0 Å². The van der Waals surface area contributed by atoms with Crippen LogP contribution in [0.4, 0.5) is 5.69 Å². The molecule has 1 aromatic carbocycles. The zero-order chi connectivity index (χ0) is 15.2. The summed E-state index contributed by atoms with van der Waals surface area (Å²) in [6.07, 6.45) is 0. The maximum absolute atomic E-state index is 11.2. The van der Waals surface area contributed by atoms with Gasteiger partial charge in [0.15, 0.2) is 0 Å². The molecular weight excluding hydrogens is 262 g/mol. The van der Waals surface area contributed by atoms with Gasteiger partial charge in [0.1, 0.15) is 5.75 Å². The Labute approximate surface area is 119 Å². The van der Waals surface area contributed by atoms with Gasteiger partial charge in [0.25, 0.3) is 5.69 Å². The van der Waals surface area contributed by atoms with Crippen molar-refractivity contribution in [1.82, 2.24) is 0 Å². The highest BCUT2D eigenvalue weighted by atomic mass is 32.1. The van der Waals surface area contributed by atoms with Gasteiger partial charge in [-0.2, -0.15) is 0 Å². The second-order valence-electron chi connectivity index (χ2n) is 6.77. The predicted molar refractivity (Wildman–Crippen MR) is 79.4 cm³/mol. The fraction of sp³-hybridized carbons (Fsp3) is 0.571. The van der Waals surface area contributed by atoms with Crippen LogP contribution in [0.2, 0.25) is 0 Å². The van der Waals surface area contributed by atoms with Crippen molar-refractivity contribution in [1.29, 1.82) is 0 Å². The number of thiol groups is 1. The quantitative estimate of drug-likeness (QED) is 0.461. The number of benzene rings is 1. The lowest BCUT2D eigenvalue weighted by molar-refractivity contribution is -0.388. The molecule has 0 bridgehead atoms. The van der Waals surface area contributed by atoms with Crippen LogP contribution in [0.25, 0.3) is 0 Å². The van der Waals surface area contributed by atoms with Crippen molar-refractivity contribution >= 4 is 18.3 Å². The van der Waals surface area contributed by atoms with Crippen LogP contribution in [0, 0.1) is 10.1 Å². The Morgan fingerprint density at radius 2 is 1.63 bits per heavy atom. The van der Waals surface area contributed by atoms with E-state index in [1.54, 1.807) is 6.07 Å². The summed E-state index contributed by atoms with van der Waals surface area (Å²) in [6.45, 7) is 11.4. The molecule has 0 spiro atoms. The first-order valence-electron chi connectivity index (χ1n) is 6.11. The summed E-state index contributed by atoms with van der Waals surface area (Å²) in [6, 6.07) is 1.59. The first kappa shape index (κ1) is 15.8. The van der Waals surface area contributed by atoms with E-state index in [2.05, 4.69) is 12.6 Å². The minimum absolute atomic E-state index is 0.00417. The van der Waals surface area contributed by atoms with E-state index in [4.69, 9.17) is 0 Å². The summed E-state index contributed by atoms with van der Waals surface area (Å²) < 4.78 is 0. The van der Waals surface area contributed by atoms with Crippen LogP contribution in [0.5, 0.6) is 5.75 Å². The first-order chi connectivity index (χ1) is 8.37. The van der Waals surface area contributed by atoms with Gasteiger partial charge in [-0.05, 0) is 16.9 Å².